The lowest BCUT2D eigenvalue weighted by Gasteiger charge is -2.14. The molecule has 0 saturated carbocycles. The summed E-state index contributed by atoms with van der Waals surface area (Å²) in [4.78, 5) is 32.3. The van der Waals surface area contributed by atoms with Gasteiger partial charge in [-0.15, -0.1) is 0 Å². The number of amides is 1. The summed E-state index contributed by atoms with van der Waals surface area (Å²) in [6, 6.07) is 7.40. The molecule has 2 aromatic rings. The lowest BCUT2D eigenvalue weighted by atomic mass is 10.2. The molecule has 132 valence electrons. The maximum Gasteiger partial charge on any atom is 0.253 e. The molecule has 1 fully saturated rings. The topological polar surface area (TPSA) is 54.7 Å². The van der Waals surface area contributed by atoms with E-state index in [4.69, 9.17) is 0 Å². The van der Waals surface area contributed by atoms with Crippen molar-refractivity contribution in [3.8, 4) is 0 Å². The van der Waals surface area contributed by atoms with E-state index in [-0.39, 0.29) is 11.7 Å². The van der Waals surface area contributed by atoms with Gasteiger partial charge in [0.15, 0.2) is 10.6 Å². The zero-order valence-electron chi connectivity index (χ0n) is 14.9. The molecule has 3 rings (SSSR count). The molecule has 1 aliphatic rings. The van der Waals surface area contributed by atoms with Crippen LogP contribution >= 0.6 is 11.3 Å². The number of carbonyl (C=O) groups is 2. The zero-order valence-corrected chi connectivity index (χ0v) is 15.7. The number of benzene rings is 1. The van der Waals surface area contributed by atoms with Gasteiger partial charge in [0.05, 0.1) is 10.6 Å². The van der Waals surface area contributed by atoms with Crippen LogP contribution in [0.25, 0.3) is 0 Å². The molecule has 2 heterocycles. The first-order valence-corrected chi connectivity index (χ1v) is 9.48. The monoisotopic (exact) mass is 357 g/mol. The van der Waals surface area contributed by atoms with Crippen molar-refractivity contribution < 1.29 is 9.59 Å². The van der Waals surface area contributed by atoms with Gasteiger partial charge >= 0.3 is 0 Å². The van der Waals surface area contributed by atoms with Crippen molar-refractivity contribution in [2.45, 2.75) is 40.2 Å². The van der Waals surface area contributed by atoms with Crippen LogP contribution in [0.4, 0.5) is 5.69 Å². The number of hydrogen-bond acceptors (Lipinski definition) is 4. The summed E-state index contributed by atoms with van der Waals surface area (Å²) in [7, 11) is 0. The van der Waals surface area contributed by atoms with Crippen molar-refractivity contribution in [3.05, 3.63) is 45.2 Å². The molecule has 1 aliphatic heterocycles. The highest BCUT2D eigenvalue weighted by atomic mass is 32.1. The first-order valence-electron chi connectivity index (χ1n) is 8.66. The minimum atomic E-state index is 0.0673. The summed E-state index contributed by atoms with van der Waals surface area (Å²) in [5.74, 6) is 0.163. The smallest absolute Gasteiger partial charge is 0.253 e. The van der Waals surface area contributed by atoms with E-state index in [1.54, 1.807) is 6.92 Å². The number of carbonyl (C=O) groups excluding carboxylic acids is 2. The Morgan fingerprint density at radius 1 is 1.16 bits per heavy atom. The van der Waals surface area contributed by atoms with Gasteiger partial charge in [-0.3, -0.25) is 9.59 Å². The van der Waals surface area contributed by atoms with Crippen LogP contribution in [-0.2, 0) is 6.54 Å². The van der Waals surface area contributed by atoms with Gasteiger partial charge in [-0.2, -0.15) is 0 Å². The zero-order chi connectivity index (χ0) is 18.0. The Kier molecular flexibility index (Phi) is 5.18. The van der Waals surface area contributed by atoms with Crippen LogP contribution in [0.3, 0.4) is 0 Å². The van der Waals surface area contributed by atoms with Gasteiger partial charge in [0.1, 0.15) is 0 Å². The molecular formula is C19H23N3O2S. The Morgan fingerprint density at radius 3 is 2.36 bits per heavy atom. The van der Waals surface area contributed by atoms with Crippen LogP contribution in [0.2, 0.25) is 0 Å². The molecule has 1 aromatic carbocycles. The molecule has 0 radical (unpaired) electrons. The van der Waals surface area contributed by atoms with Gasteiger partial charge in [0.2, 0.25) is 0 Å². The summed E-state index contributed by atoms with van der Waals surface area (Å²) >= 11 is 1.42. The normalized spacial score (nSPS) is 15.0. The number of nitrogens with zero attached hydrogens (tertiary/aromatic N) is 3. The van der Waals surface area contributed by atoms with Crippen LogP contribution < -0.4 is 4.80 Å². The molecule has 0 aliphatic carbocycles. The highest BCUT2D eigenvalue weighted by molar-refractivity contribution is 7.11. The van der Waals surface area contributed by atoms with E-state index in [0.29, 0.717) is 5.56 Å². The maximum atomic E-state index is 12.4. The molecule has 1 saturated heterocycles. The third-order valence-corrected chi connectivity index (χ3v) is 5.81. The van der Waals surface area contributed by atoms with E-state index in [1.165, 1.54) is 11.3 Å². The Labute approximate surface area is 151 Å². The van der Waals surface area contributed by atoms with Crippen molar-refractivity contribution in [3.63, 3.8) is 0 Å². The fourth-order valence-corrected chi connectivity index (χ4v) is 4.27. The summed E-state index contributed by atoms with van der Waals surface area (Å²) in [5, 5.41) is 0. The van der Waals surface area contributed by atoms with Gasteiger partial charge in [-0.25, -0.2) is 4.99 Å². The van der Waals surface area contributed by atoms with Gasteiger partial charge in [-0.1, -0.05) is 11.3 Å². The fraction of sp³-hybridized carbons (Fsp3) is 0.421. The number of likely N-dealkylation sites (tertiary alicyclic amines) is 1. The molecule has 0 spiro atoms. The summed E-state index contributed by atoms with van der Waals surface area (Å²) in [6.45, 7) is 8.04. The minimum absolute atomic E-state index is 0.0673. The fourth-order valence-electron chi connectivity index (χ4n) is 3.16. The lowest BCUT2D eigenvalue weighted by molar-refractivity contribution is 0.0792. The largest absolute Gasteiger partial charge is 0.339 e. The van der Waals surface area contributed by atoms with Crippen LogP contribution in [0.1, 0.15) is 52.4 Å². The van der Waals surface area contributed by atoms with Crippen molar-refractivity contribution in [2.75, 3.05) is 13.1 Å². The van der Waals surface area contributed by atoms with Crippen molar-refractivity contribution in [2.24, 2.45) is 4.99 Å². The van der Waals surface area contributed by atoms with Crippen LogP contribution in [0, 0.1) is 6.92 Å². The molecule has 1 amide bonds. The van der Waals surface area contributed by atoms with Crippen LogP contribution in [-0.4, -0.2) is 34.2 Å². The number of Topliss-reactive ketones (excluding diaryl/α,β-unsaturated/α-hetero) is 1. The second-order valence-electron chi connectivity index (χ2n) is 6.26. The van der Waals surface area contributed by atoms with E-state index >= 15 is 0 Å². The Hall–Kier alpha value is -2.21. The molecule has 25 heavy (non-hydrogen) atoms. The molecule has 1 aromatic heterocycles. The second kappa shape index (κ2) is 7.35. The van der Waals surface area contributed by atoms with E-state index in [2.05, 4.69) is 4.99 Å². The third-order valence-electron chi connectivity index (χ3n) is 4.53. The predicted molar refractivity (Wildman–Crippen MR) is 99.5 cm³/mol. The highest BCUT2D eigenvalue weighted by Crippen LogP contribution is 2.18. The van der Waals surface area contributed by atoms with Crippen LogP contribution in [0.5, 0.6) is 0 Å². The minimum Gasteiger partial charge on any atom is -0.339 e. The van der Waals surface area contributed by atoms with E-state index in [0.717, 1.165) is 53.5 Å². The predicted octanol–water partition coefficient (Wildman–Crippen LogP) is 3.55. The average molecular weight is 357 g/mol. The highest BCUT2D eigenvalue weighted by Gasteiger charge is 2.19. The summed E-state index contributed by atoms with van der Waals surface area (Å²) in [6.07, 6.45) is 2.18. The molecule has 5 nitrogen and oxygen atoms in total. The molecular weight excluding hydrogens is 334 g/mol. The third kappa shape index (κ3) is 3.58. The SMILES string of the molecule is CCn1c(C)c(C(C)=O)s/c1=N\c1ccc(C(=O)N2CCCC2)cc1. The van der Waals surface area contributed by atoms with E-state index in [1.807, 2.05) is 47.6 Å². The average Bonchev–Trinajstić information content (AvgIpc) is 3.23. The first-order chi connectivity index (χ1) is 12.0. The standard InChI is InChI=1S/C19H23N3O2S/c1-4-22-13(2)17(14(3)23)25-19(22)20-16-9-7-15(8-10-16)18(24)21-11-5-6-12-21/h7-10H,4-6,11-12H2,1-3H3/b20-19-. The molecule has 0 unspecified atom stereocenters. The van der Waals surface area contributed by atoms with Gasteiger partial charge < -0.3 is 9.47 Å². The van der Waals surface area contributed by atoms with E-state index < -0.39 is 0 Å². The quantitative estimate of drug-likeness (QED) is 0.786. The van der Waals surface area contributed by atoms with E-state index in [9.17, 15) is 9.59 Å². The lowest BCUT2D eigenvalue weighted by Crippen LogP contribution is -2.27. The van der Waals surface area contributed by atoms with Crippen molar-refractivity contribution in [1.82, 2.24) is 9.47 Å². The maximum absolute atomic E-state index is 12.4. The number of thiazole rings is 1. The number of hydrogen-bond donors (Lipinski definition) is 0. The number of rotatable bonds is 4. The second-order valence-corrected chi connectivity index (χ2v) is 7.24. The number of aromatic nitrogens is 1. The van der Waals surface area contributed by atoms with Crippen molar-refractivity contribution >= 4 is 28.7 Å². The summed E-state index contributed by atoms with van der Waals surface area (Å²) < 4.78 is 2.05. The van der Waals surface area contributed by atoms with Gasteiger partial charge in [0.25, 0.3) is 5.91 Å². The molecule has 0 bridgehead atoms. The molecule has 0 N–H and O–H groups in total. The number of ketones is 1. The molecule has 6 heteroatoms. The molecule has 0 atom stereocenters. The van der Waals surface area contributed by atoms with Gasteiger partial charge in [0, 0.05) is 37.8 Å². The first kappa shape index (κ1) is 17.6. The Balaban J connectivity index is 1.90. The van der Waals surface area contributed by atoms with Crippen LogP contribution in [0.15, 0.2) is 29.3 Å². The van der Waals surface area contributed by atoms with Crippen molar-refractivity contribution in [1.29, 1.82) is 0 Å². The summed E-state index contributed by atoms with van der Waals surface area (Å²) in [5.41, 5.74) is 2.45. The van der Waals surface area contributed by atoms with Gasteiger partial charge in [-0.05, 0) is 51.0 Å². The Morgan fingerprint density at radius 2 is 1.80 bits per heavy atom. The Bertz CT molecular complexity index is 856.